The minimum absolute atomic E-state index is 0.202. The van der Waals surface area contributed by atoms with Crippen LogP contribution in [0.5, 0.6) is 0 Å². The first-order chi connectivity index (χ1) is 13.3. The van der Waals surface area contributed by atoms with Crippen molar-refractivity contribution in [3.63, 3.8) is 0 Å². The molecule has 6 heteroatoms. The summed E-state index contributed by atoms with van der Waals surface area (Å²) in [7, 11) is 0. The number of piperazine rings is 1. The van der Waals surface area contributed by atoms with Gasteiger partial charge in [-0.25, -0.2) is 4.98 Å². The Balaban J connectivity index is 1.32. The summed E-state index contributed by atoms with van der Waals surface area (Å²) in [6.45, 7) is 4.16. The molecular formula is C21H22N4O2. The third-order valence-electron chi connectivity index (χ3n) is 4.75. The second-order valence-corrected chi connectivity index (χ2v) is 6.47. The van der Waals surface area contributed by atoms with Crippen molar-refractivity contribution in [2.75, 3.05) is 36.0 Å². The molecule has 6 nitrogen and oxygen atoms in total. The van der Waals surface area contributed by atoms with Crippen molar-refractivity contribution in [2.24, 2.45) is 0 Å². The maximum Gasteiger partial charge on any atom is 0.270 e. The van der Waals surface area contributed by atoms with Crippen LogP contribution in [0.15, 0.2) is 71.5 Å². The standard InChI is InChI=1S/C21H22N4O2/c26-21(23-16-19-7-4-14-27-19)20-9-8-18(15-22-20)25-12-10-24(11-13-25)17-5-2-1-3-6-17/h1-9,14-15H,10-13,16H2,(H,23,26). The number of carbonyl (C=O) groups is 1. The van der Waals surface area contributed by atoms with Crippen molar-refractivity contribution in [3.8, 4) is 0 Å². The Hall–Kier alpha value is -3.28. The van der Waals surface area contributed by atoms with Gasteiger partial charge in [-0.3, -0.25) is 4.79 Å². The summed E-state index contributed by atoms with van der Waals surface area (Å²) >= 11 is 0. The first-order valence-corrected chi connectivity index (χ1v) is 9.11. The lowest BCUT2D eigenvalue weighted by Crippen LogP contribution is -2.46. The monoisotopic (exact) mass is 362 g/mol. The van der Waals surface area contributed by atoms with Gasteiger partial charge >= 0.3 is 0 Å². The van der Waals surface area contributed by atoms with Crippen molar-refractivity contribution in [1.29, 1.82) is 0 Å². The molecule has 0 spiro atoms. The number of nitrogens with zero attached hydrogens (tertiary/aromatic N) is 3. The molecule has 0 radical (unpaired) electrons. The number of pyridine rings is 1. The molecule has 0 atom stereocenters. The average Bonchev–Trinajstić information content (AvgIpc) is 3.27. The summed E-state index contributed by atoms with van der Waals surface area (Å²) in [4.78, 5) is 21.2. The van der Waals surface area contributed by atoms with E-state index >= 15 is 0 Å². The molecule has 1 aliphatic heterocycles. The molecule has 0 saturated carbocycles. The van der Waals surface area contributed by atoms with E-state index in [1.807, 2.05) is 18.2 Å². The lowest BCUT2D eigenvalue weighted by Gasteiger charge is -2.37. The lowest BCUT2D eigenvalue weighted by molar-refractivity contribution is 0.0943. The quantitative estimate of drug-likeness (QED) is 0.756. The largest absolute Gasteiger partial charge is 0.467 e. The zero-order valence-electron chi connectivity index (χ0n) is 15.0. The van der Waals surface area contributed by atoms with Crippen molar-refractivity contribution in [3.05, 3.63) is 78.5 Å². The highest BCUT2D eigenvalue weighted by Gasteiger charge is 2.18. The van der Waals surface area contributed by atoms with Crippen molar-refractivity contribution >= 4 is 17.3 Å². The summed E-state index contributed by atoms with van der Waals surface area (Å²) in [6.07, 6.45) is 3.37. The summed E-state index contributed by atoms with van der Waals surface area (Å²) in [6, 6.07) is 17.8. The van der Waals surface area contributed by atoms with Crippen molar-refractivity contribution < 1.29 is 9.21 Å². The average molecular weight is 362 g/mol. The number of aromatic nitrogens is 1. The van der Waals surface area contributed by atoms with E-state index in [-0.39, 0.29) is 5.91 Å². The predicted octanol–water partition coefficient (Wildman–Crippen LogP) is 2.93. The molecule has 138 valence electrons. The third-order valence-corrected chi connectivity index (χ3v) is 4.75. The molecular weight excluding hydrogens is 340 g/mol. The number of rotatable bonds is 5. The number of benzene rings is 1. The van der Waals surface area contributed by atoms with Crippen LogP contribution in [0, 0.1) is 0 Å². The Bertz CT molecular complexity index is 855. The Morgan fingerprint density at radius 3 is 2.30 bits per heavy atom. The minimum atomic E-state index is -0.202. The van der Waals surface area contributed by atoms with Crippen LogP contribution in [0.1, 0.15) is 16.2 Å². The van der Waals surface area contributed by atoms with Gasteiger partial charge in [0.2, 0.25) is 0 Å². The van der Waals surface area contributed by atoms with Gasteiger partial charge < -0.3 is 19.5 Å². The van der Waals surface area contributed by atoms with E-state index in [9.17, 15) is 4.79 Å². The minimum Gasteiger partial charge on any atom is -0.467 e. The van der Waals surface area contributed by atoms with Gasteiger partial charge in [0.1, 0.15) is 11.5 Å². The maximum atomic E-state index is 12.2. The number of nitrogens with one attached hydrogen (secondary N) is 1. The fourth-order valence-corrected chi connectivity index (χ4v) is 3.24. The second-order valence-electron chi connectivity index (χ2n) is 6.47. The van der Waals surface area contributed by atoms with Crippen LogP contribution in [-0.4, -0.2) is 37.1 Å². The van der Waals surface area contributed by atoms with Gasteiger partial charge in [0, 0.05) is 31.9 Å². The third kappa shape index (κ3) is 4.11. The Kier molecular flexibility index (Phi) is 5.05. The van der Waals surface area contributed by atoms with Gasteiger partial charge in [0.05, 0.1) is 24.7 Å². The van der Waals surface area contributed by atoms with Crippen molar-refractivity contribution in [1.82, 2.24) is 10.3 Å². The number of hydrogen-bond donors (Lipinski definition) is 1. The van der Waals surface area contributed by atoms with Crippen LogP contribution in [0.2, 0.25) is 0 Å². The molecule has 1 aromatic carbocycles. The molecule has 3 heterocycles. The number of carbonyl (C=O) groups excluding carboxylic acids is 1. The Morgan fingerprint density at radius 2 is 1.67 bits per heavy atom. The zero-order chi connectivity index (χ0) is 18.5. The van der Waals surface area contributed by atoms with E-state index in [0.29, 0.717) is 12.2 Å². The molecule has 3 aromatic rings. The molecule has 0 unspecified atom stereocenters. The van der Waals surface area contributed by atoms with E-state index < -0.39 is 0 Å². The number of amides is 1. The summed E-state index contributed by atoms with van der Waals surface area (Å²) < 4.78 is 5.21. The van der Waals surface area contributed by atoms with Gasteiger partial charge in [-0.1, -0.05) is 18.2 Å². The van der Waals surface area contributed by atoms with Gasteiger partial charge in [0.25, 0.3) is 5.91 Å². The summed E-state index contributed by atoms with van der Waals surface area (Å²) in [5.41, 5.74) is 2.72. The molecule has 1 aliphatic rings. The van der Waals surface area contributed by atoms with Crippen LogP contribution < -0.4 is 15.1 Å². The number of furan rings is 1. The zero-order valence-corrected chi connectivity index (χ0v) is 15.0. The summed E-state index contributed by atoms with van der Waals surface area (Å²) in [5.74, 6) is 0.517. The lowest BCUT2D eigenvalue weighted by atomic mass is 10.2. The Morgan fingerprint density at radius 1 is 0.926 bits per heavy atom. The SMILES string of the molecule is O=C(NCc1ccco1)c1ccc(N2CCN(c3ccccc3)CC2)cn1. The highest BCUT2D eigenvalue weighted by atomic mass is 16.3. The van der Waals surface area contributed by atoms with Gasteiger partial charge in [-0.2, -0.15) is 0 Å². The van der Waals surface area contributed by atoms with E-state index in [2.05, 4.69) is 44.4 Å². The highest BCUT2D eigenvalue weighted by molar-refractivity contribution is 5.92. The van der Waals surface area contributed by atoms with Crippen LogP contribution in [0.3, 0.4) is 0 Å². The van der Waals surface area contributed by atoms with E-state index in [1.165, 1.54) is 5.69 Å². The van der Waals surface area contributed by atoms with E-state index in [4.69, 9.17) is 4.42 Å². The van der Waals surface area contributed by atoms with Crippen LogP contribution in [0.25, 0.3) is 0 Å². The topological polar surface area (TPSA) is 61.6 Å². The fourth-order valence-electron chi connectivity index (χ4n) is 3.24. The predicted molar refractivity (Wildman–Crippen MR) is 105 cm³/mol. The number of anilines is 2. The van der Waals surface area contributed by atoms with Crippen molar-refractivity contribution in [2.45, 2.75) is 6.54 Å². The normalized spacial score (nSPS) is 14.2. The van der Waals surface area contributed by atoms with Gasteiger partial charge in [-0.15, -0.1) is 0 Å². The Labute approximate surface area is 158 Å². The van der Waals surface area contributed by atoms with Gasteiger partial charge in [0.15, 0.2) is 0 Å². The fraction of sp³-hybridized carbons (Fsp3) is 0.238. The molecule has 1 saturated heterocycles. The summed E-state index contributed by atoms with van der Waals surface area (Å²) in [5, 5.41) is 2.81. The van der Waals surface area contributed by atoms with E-state index in [1.54, 1.807) is 24.6 Å². The second kappa shape index (κ2) is 7.95. The number of hydrogen-bond acceptors (Lipinski definition) is 5. The maximum absolute atomic E-state index is 12.2. The first-order valence-electron chi connectivity index (χ1n) is 9.11. The first kappa shape index (κ1) is 17.1. The molecule has 2 aromatic heterocycles. The van der Waals surface area contributed by atoms with Gasteiger partial charge in [-0.05, 0) is 36.4 Å². The molecule has 1 amide bonds. The molecule has 4 rings (SSSR count). The molecule has 0 aliphatic carbocycles. The molecule has 1 fully saturated rings. The van der Waals surface area contributed by atoms with E-state index in [0.717, 1.165) is 37.6 Å². The molecule has 27 heavy (non-hydrogen) atoms. The number of para-hydroxylation sites is 1. The van der Waals surface area contributed by atoms with Crippen LogP contribution in [-0.2, 0) is 6.54 Å². The highest BCUT2D eigenvalue weighted by Crippen LogP contribution is 2.20. The molecule has 1 N–H and O–H groups in total. The van der Waals surface area contributed by atoms with Crippen LogP contribution >= 0.6 is 0 Å². The smallest absolute Gasteiger partial charge is 0.270 e. The van der Waals surface area contributed by atoms with Crippen LogP contribution in [0.4, 0.5) is 11.4 Å². The molecule has 0 bridgehead atoms.